The number of carbonyl (C=O) groups excluding carboxylic acids is 2. The molecule has 2 amide bonds. The number of rotatable bonds is 6. The summed E-state index contributed by atoms with van der Waals surface area (Å²) >= 11 is 7.28. The van der Waals surface area contributed by atoms with Gasteiger partial charge in [-0.1, -0.05) is 6.92 Å². The summed E-state index contributed by atoms with van der Waals surface area (Å²) in [6.45, 7) is 3.98. The lowest BCUT2D eigenvalue weighted by Gasteiger charge is -2.29. The molecule has 1 aliphatic rings. The molecule has 0 aliphatic carbocycles. The summed E-state index contributed by atoms with van der Waals surface area (Å²) in [5, 5.41) is 2.44. The highest BCUT2D eigenvalue weighted by atomic mass is 127. The van der Waals surface area contributed by atoms with Crippen LogP contribution >= 0.6 is 34.8 Å². The highest BCUT2D eigenvalue weighted by molar-refractivity contribution is 14.1. The van der Waals surface area contributed by atoms with E-state index in [1.807, 2.05) is 13.8 Å². The Kier molecular flexibility index (Phi) is 7.26. The first-order valence-electron chi connectivity index (χ1n) is 9.46. The molecule has 162 valence electrons. The summed E-state index contributed by atoms with van der Waals surface area (Å²) in [6, 6.07) is 8.76. The Morgan fingerprint density at radius 1 is 1.26 bits per heavy atom. The Morgan fingerprint density at radius 2 is 1.94 bits per heavy atom. The van der Waals surface area contributed by atoms with Gasteiger partial charge in [0.25, 0.3) is 11.8 Å². The number of nitrogens with zero attached hydrogens (tertiary/aromatic N) is 1. The van der Waals surface area contributed by atoms with Crippen molar-refractivity contribution in [2.24, 2.45) is 0 Å². The average molecular weight is 554 g/mol. The minimum absolute atomic E-state index is 0.00241. The van der Waals surface area contributed by atoms with E-state index >= 15 is 0 Å². The molecule has 1 N–H and O–H groups in total. The fourth-order valence-electron chi connectivity index (χ4n) is 2.87. The lowest BCUT2D eigenvalue weighted by atomic mass is 10.1. The van der Waals surface area contributed by atoms with Crippen LogP contribution in [0.1, 0.15) is 25.8 Å². The van der Waals surface area contributed by atoms with Gasteiger partial charge < -0.3 is 9.47 Å². The second-order valence-electron chi connectivity index (χ2n) is 6.81. The summed E-state index contributed by atoms with van der Waals surface area (Å²) in [7, 11) is 1.53. The second kappa shape index (κ2) is 9.73. The van der Waals surface area contributed by atoms with Crippen molar-refractivity contribution < 1.29 is 23.5 Å². The van der Waals surface area contributed by atoms with E-state index in [1.54, 1.807) is 12.1 Å². The number of hydrogen-bond acceptors (Lipinski definition) is 5. The van der Waals surface area contributed by atoms with E-state index in [9.17, 15) is 14.0 Å². The minimum atomic E-state index is -0.609. The van der Waals surface area contributed by atoms with E-state index in [-0.39, 0.29) is 16.8 Å². The van der Waals surface area contributed by atoms with Gasteiger partial charge in [-0.25, -0.2) is 4.39 Å². The number of amides is 2. The van der Waals surface area contributed by atoms with Crippen molar-refractivity contribution in [3.63, 3.8) is 0 Å². The number of halogens is 2. The number of ether oxygens (including phenoxy) is 2. The van der Waals surface area contributed by atoms with Crippen molar-refractivity contribution in [1.82, 2.24) is 5.32 Å². The third kappa shape index (κ3) is 5.04. The van der Waals surface area contributed by atoms with E-state index in [2.05, 4.69) is 27.9 Å². The van der Waals surface area contributed by atoms with Crippen LogP contribution in [0.3, 0.4) is 0 Å². The maximum atomic E-state index is 13.3. The molecule has 2 aromatic carbocycles. The summed E-state index contributed by atoms with van der Waals surface area (Å²) in [5.74, 6) is -0.557. The smallest absolute Gasteiger partial charge is 0.270 e. The monoisotopic (exact) mass is 554 g/mol. The fraction of sp³-hybridized carbons (Fsp3) is 0.227. The number of carbonyl (C=O) groups is 2. The lowest BCUT2D eigenvalue weighted by molar-refractivity contribution is -0.122. The Balaban J connectivity index is 2.00. The summed E-state index contributed by atoms with van der Waals surface area (Å²) in [6.07, 6.45) is 2.30. The number of hydrogen-bond donors (Lipinski definition) is 1. The molecule has 3 rings (SSSR count). The zero-order valence-corrected chi connectivity index (χ0v) is 20.0. The standard InChI is InChI=1S/C22H20FIN2O4S/c1-4-12(2)30-19-17(24)10-13(11-18(19)29-3)9-16-20(27)25-22(31)26(21(16)28)15-7-5-14(23)6-8-15/h5-12H,4H2,1-3H3,(H,25,27,31)/b16-9+/t12-/m0/s1. The van der Waals surface area contributed by atoms with Crippen LogP contribution in [-0.2, 0) is 9.59 Å². The molecule has 0 radical (unpaired) electrons. The van der Waals surface area contributed by atoms with Gasteiger partial charge in [0, 0.05) is 0 Å². The number of methoxy groups -OCH3 is 1. The predicted molar refractivity (Wildman–Crippen MR) is 129 cm³/mol. The van der Waals surface area contributed by atoms with Crippen LogP contribution in [0.15, 0.2) is 42.0 Å². The number of thiocarbonyl (C=S) groups is 1. The van der Waals surface area contributed by atoms with Gasteiger partial charge in [-0.3, -0.25) is 19.8 Å². The Labute approximate surface area is 198 Å². The predicted octanol–water partition coefficient (Wildman–Crippen LogP) is 4.45. The first kappa shape index (κ1) is 23.1. The molecule has 2 aromatic rings. The molecule has 9 heteroatoms. The molecule has 1 saturated heterocycles. The van der Waals surface area contributed by atoms with Crippen molar-refractivity contribution >= 4 is 63.5 Å². The summed E-state index contributed by atoms with van der Waals surface area (Å²) < 4.78 is 25.5. The first-order valence-corrected chi connectivity index (χ1v) is 10.9. The van der Waals surface area contributed by atoms with Crippen LogP contribution in [0.4, 0.5) is 10.1 Å². The highest BCUT2D eigenvalue weighted by Gasteiger charge is 2.34. The molecular formula is C22H20FIN2O4S. The van der Waals surface area contributed by atoms with Crippen molar-refractivity contribution in [2.75, 3.05) is 12.0 Å². The number of nitrogens with one attached hydrogen (secondary N) is 1. The van der Waals surface area contributed by atoms with Crippen molar-refractivity contribution in [1.29, 1.82) is 0 Å². The summed E-state index contributed by atoms with van der Waals surface area (Å²) in [5.41, 5.74) is 0.835. The molecule has 1 atom stereocenters. The topological polar surface area (TPSA) is 67.9 Å². The van der Waals surface area contributed by atoms with Crippen LogP contribution in [0, 0.1) is 9.39 Å². The van der Waals surface area contributed by atoms with Gasteiger partial charge in [0.15, 0.2) is 16.6 Å². The van der Waals surface area contributed by atoms with Crippen molar-refractivity contribution in [3.05, 3.63) is 56.9 Å². The highest BCUT2D eigenvalue weighted by Crippen LogP contribution is 2.36. The fourth-order valence-corrected chi connectivity index (χ4v) is 3.90. The van der Waals surface area contributed by atoms with E-state index in [0.29, 0.717) is 22.7 Å². The van der Waals surface area contributed by atoms with Crippen LogP contribution in [0.5, 0.6) is 11.5 Å². The molecule has 31 heavy (non-hydrogen) atoms. The Hall–Kier alpha value is -2.53. The lowest BCUT2D eigenvalue weighted by Crippen LogP contribution is -2.54. The maximum Gasteiger partial charge on any atom is 0.270 e. The van der Waals surface area contributed by atoms with Gasteiger partial charge in [0.2, 0.25) is 0 Å². The molecule has 1 fully saturated rings. The molecule has 6 nitrogen and oxygen atoms in total. The maximum absolute atomic E-state index is 13.3. The summed E-state index contributed by atoms with van der Waals surface area (Å²) in [4.78, 5) is 26.8. The van der Waals surface area contributed by atoms with E-state index < -0.39 is 17.6 Å². The van der Waals surface area contributed by atoms with Crippen LogP contribution in [0.25, 0.3) is 6.08 Å². The SMILES string of the molecule is CC[C@H](C)Oc1c(I)cc(/C=C2\C(=O)NC(=S)N(c3ccc(F)cc3)C2=O)cc1OC. The van der Waals surface area contributed by atoms with Gasteiger partial charge in [-0.2, -0.15) is 0 Å². The van der Waals surface area contributed by atoms with Gasteiger partial charge in [0.05, 0.1) is 22.5 Å². The molecule has 0 bridgehead atoms. The second-order valence-corrected chi connectivity index (χ2v) is 8.35. The van der Waals surface area contributed by atoms with Gasteiger partial charge in [0.1, 0.15) is 11.4 Å². The first-order chi connectivity index (χ1) is 14.7. The average Bonchev–Trinajstić information content (AvgIpc) is 2.73. The molecule has 0 saturated carbocycles. The molecular weight excluding hydrogens is 534 g/mol. The molecule has 1 heterocycles. The van der Waals surface area contributed by atoms with Crippen LogP contribution in [0.2, 0.25) is 0 Å². The van der Waals surface area contributed by atoms with Gasteiger partial charge in [-0.05, 0) is 96.2 Å². The normalized spacial score (nSPS) is 16.4. The third-order valence-corrected chi connectivity index (χ3v) is 5.73. The van der Waals surface area contributed by atoms with Crippen LogP contribution < -0.4 is 19.7 Å². The van der Waals surface area contributed by atoms with E-state index in [0.717, 1.165) is 14.9 Å². The zero-order chi connectivity index (χ0) is 22.7. The number of anilines is 1. The Morgan fingerprint density at radius 3 is 2.55 bits per heavy atom. The van der Waals surface area contributed by atoms with Crippen LogP contribution in [-0.4, -0.2) is 30.1 Å². The number of benzene rings is 2. The zero-order valence-electron chi connectivity index (χ0n) is 17.1. The van der Waals surface area contributed by atoms with Gasteiger partial charge >= 0.3 is 0 Å². The van der Waals surface area contributed by atoms with Gasteiger partial charge in [-0.15, -0.1) is 0 Å². The van der Waals surface area contributed by atoms with Crippen molar-refractivity contribution in [3.8, 4) is 11.5 Å². The van der Waals surface area contributed by atoms with E-state index in [1.165, 1.54) is 37.5 Å². The Bertz CT molecular complexity index is 1070. The quantitative estimate of drug-likeness (QED) is 0.248. The third-order valence-electron chi connectivity index (χ3n) is 4.64. The largest absolute Gasteiger partial charge is 0.493 e. The molecule has 0 spiro atoms. The van der Waals surface area contributed by atoms with Crippen molar-refractivity contribution in [2.45, 2.75) is 26.4 Å². The molecule has 0 aromatic heterocycles. The van der Waals surface area contributed by atoms with E-state index in [4.69, 9.17) is 21.7 Å². The molecule has 1 aliphatic heterocycles. The minimum Gasteiger partial charge on any atom is -0.493 e. The molecule has 0 unspecified atom stereocenters.